The van der Waals surface area contributed by atoms with Gasteiger partial charge in [0.15, 0.2) is 5.65 Å². The smallest absolute Gasteiger partial charge is 0.497 e. The number of anilines is 1. The Kier molecular flexibility index (Phi) is 5.61. The average molecular weight is 435 g/mol. The number of imidazole rings is 1. The van der Waals surface area contributed by atoms with Gasteiger partial charge in [-0.25, -0.2) is 14.5 Å². The molecular formula is C18H22N5O6P. The van der Waals surface area contributed by atoms with Crippen LogP contribution >= 0.6 is 7.82 Å². The summed E-state index contributed by atoms with van der Waals surface area (Å²) in [5.41, 5.74) is 6.86. The molecule has 2 aromatic heterocycles. The number of phosphoric acid groups is 1. The summed E-state index contributed by atoms with van der Waals surface area (Å²) in [6.45, 7) is -0.149. The molecule has 160 valence electrons. The van der Waals surface area contributed by atoms with E-state index in [-0.39, 0.29) is 42.8 Å². The fourth-order valence-electron chi connectivity index (χ4n) is 3.63. The molecule has 0 spiro atoms. The molecule has 0 amide bonds. The first-order valence-electron chi connectivity index (χ1n) is 9.27. The molecule has 11 nitrogen and oxygen atoms in total. The van der Waals surface area contributed by atoms with E-state index in [2.05, 4.69) is 15.0 Å². The summed E-state index contributed by atoms with van der Waals surface area (Å²) in [6, 6.07) is 6.17. The molecule has 0 radical (unpaired) electrons. The molecule has 0 aliphatic heterocycles. The molecule has 3 aromatic rings. The van der Waals surface area contributed by atoms with E-state index in [1.165, 1.54) is 19.2 Å². The van der Waals surface area contributed by atoms with Crippen molar-refractivity contribution in [3.63, 3.8) is 0 Å². The van der Waals surface area contributed by atoms with Crippen molar-refractivity contribution in [3.05, 3.63) is 36.8 Å². The van der Waals surface area contributed by atoms with Crippen LogP contribution < -0.4 is 15.0 Å². The van der Waals surface area contributed by atoms with Crippen LogP contribution in [0.3, 0.4) is 0 Å². The molecule has 30 heavy (non-hydrogen) atoms. The van der Waals surface area contributed by atoms with Crippen LogP contribution in [-0.4, -0.2) is 49.8 Å². The third-order valence-electron chi connectivity index (χ3n) is 5.28. The monoisotopic (exact) mass is 435 g/mol. The largest absolute Gasteiger partial charge is 0.527 e. The van der Waals surface area contributed by atoms with E-state index in [1.54, 1.807) is 24.7 Å². The highest BCUT2D eigenvalue weighted by atomic mass is 31.2. The molecule has 1 aliphatic rings. The summed E-state index contributed by atoms with van der Waals surface area (Å²) in [4.78, 5) is 22.4. The molecular weight excluding hydrogens is 413 g/mol. The Morgan fingerprint density at radius 2 is 2.00 bits per heavy atom. The number of methoxy groups -OCH3 is 1. The minimum Gasteiger partial charge on any atom is -0.497 e. The number of phosphoric ester groups is 1. The second-order valence-electron chi connectivity index (χ2n) is 7.03. The molecule has 4 rings (SSSR count). The van der Waals surface area contributed by atoms with Crippen LogP contribution in [0.15, 0.2) is 36.8 Å². The number of benzene rings is 1. The quantitative estimate of drug-likeness (QED) is 0.446. The van der Waals surface area contributed by atoms with E-state index in [4.69, 9.17) is 19.5 Å². The van der Waals surface area contributed by atoms with Crippen LogP contribution in [0.25, 0.3) is 11.2 Å². The van der Waals surface area contributed by atoms with Gasteiger partial charge in [-0.1, -0.05) is 0 Å². The zero-order chi connectivity index (χ0) is 21.3. The lowest BCUT2D eigenvalue weighted by atomic mass is 9.70. The van der Waals surface area contributed by atoms with E-state index in [9.17, 15) is 14.6 Å². The first-order chi connectivity index (χ1) is 14.4. The minimum atomic E-state index is -4.31. The predicted molar refractivity (Wildman–Crippen MR) is 107 cm³/mol. The van der Waals surface area contributed by atoms with Gasteiger partial charge < -0.3 is 24.7 Å². The number of hydrogen-bond donors (Lipinski definition) is 3. The second-order valence-corrected chi connectivity index (χ2v) is 8.41. The number of nitrogens with two attached hydrogens (primary N) is 1. The standard InChI is InChI=1S/C18H22N5O6P/c1-27-12-2-4-13(5-3-12)29-30(25,26)28-9-11-6-16(14(11)8-24)23-10-21-15-7-20-18(19)22-17(15)23/h2-5,7,10-11,14,16,24H,6,8-9H2,1H3,(H,25,26)(H2,19,20,22). The Balaban J connectivity index is 1.38. The maximum absolute atomic E-state index is 12.3. The van der Waals surface area contributed by atoms with Crippen molar-refractivity contribution in [1.29, 1.82) is 0 Å². The molecule has 0 bridgehead atoms. The van der Waals surface area contributed by atoms with Crippen molar-refractivity contribution < 1.29 is 28.3 Å². The SMILES string of the molecule is COc1ccc(OP(=O)(O)OCC2CC(n3cnc4cnc(N)nc43)C2CO)cc1. The van der Waals surface area contributed by atoms with Crippen molar-refractivity contribution >= 4 is 24.9 Å². The van der Waals surface area contributed by atoms with Crippen LogP contribution in [0, 0.1) is 11.8 Å². The topological polar surface area (TPSA) is 155 Å². The number of aromatic nitrogens is 4. The maximum atomic E-state index is 12.3. The molecule has 0 saturated heterocycles. The summed E-state index contributed by atoms with van der Waals surface area (Å²) in [6.07, 6.45) is 3.79. The molecule has 4 N–H and O–H groups in total. The summed E-state index contributed by atoms with van der Waals surface area (Å²) < 4.78 is 29.4. The fraction of sp³-hybridized carbons (Fsp3) is 0.389. The van der Waals surface area contributed by atoms with Gasteiger partial charge in [-0.2, -0.15) is 4.98 Å². The number of aliphatic hydroxyl groups is 1. The number of nitrogens with zero attached hydrogens (tertiary/aromatic N) is 4. The summed E-state index contributed by atoms with van der Waals surface area (Å²) in [5, 5.41) is 9.84. The zero-order valence-electron chi connectivity index (χ0n) is 16.2. The highest BCUT2D eigenvalue weighted by Gasteiger charge is 2.43. The molecule has 1 aromatic carbocycles. The van der Waals surface area contributed by atoms with E-state index in [1.807, 2.05) is 4.57 Å². The van der Waals surface area contributed by atoms with E-state index >= 15 is 0 Å². The molecule has 1 fully saturated rings. The average Bonchev–Trinajstić information content (AvgIpc) is 3.10. The van der Waals surface area contributed by atoms with Crippen molar-refractivity contribution in [2.75, 3.05) is 26.1 Å². The molecule has 1 aliphatic carbocycles. The summed E-state index contributed by atoms with van der Waals surface area (Å²) >= 11 is 0. The summed E-state index contributed by atoms with van der Waals surface area (Å²) in [5.74, 6) is 0.604. The maximum Gasteiger partial charge on any atom is 0.527 e. The third-order valence-corrected chi connectivity index (χ3v) is 6.20. The van der Waals surface area contributed by atoms with Gasteiger partial charge in [0, 0.05) is 18.6 Å². The Labute approximate surface area is 172 Å². The minimum absolute atomic E-state index is 0.0323. The Hall–Kier alpha value is -2.72. The molecule has 4 atom stereocenters. The number of ether oxygens (including phenoxy) is 1. The van der Waals surface area contributed by atoms with Gasteiger partial charge in [0.2, 0.25) is 5.95 Å². The van der Waals surface area contributed by atoms with E-state index < -0.39 is 7.82 Å². The van der Waals surface area contributed by atoms with E-state index in [0.717, 1.165) is 0 Å². The van der Waals surface area contributed by atoms with Gasteiger partial charge in [-0.3, -0.25) is 9.42 Å². The number of fused-ring (bicyclic) bond motifs is 1. The number of nitrogen functional groups attached to an aromatic ring is 1. The normalized spacial score (nSPS) is 23.0. The van der Waals surface area contributed by atoms with Crippen molar-refractivity contribution in [2.45, 2.75) is 12.5 Å². The van der Waals surface area contributed by atoms with Gasteiger partial charge in [-0.15, -0.1) is 0 Å². The Morgan fingerprint density at radius 3 is 2.70 bits per heavy atom. The molecule has 12 heteroatoms. The fourth-order valence-corrected chi connectivity index (χ4v) is 4.45. The lowest BCUT2D eigenvalue weighted by molar-refractivity contribution is -0.00487. The van der Waals surface area contributed by atoms with Gasteiger partial charge in [0.05, 0.1) is 26.2 Å². The molecule has 2 heterocycles. The van der Waals surface area contributed by atoms with E-state index in [0.29, 0.717) is 23.3 Å². The van der Waals surface area contributed by atoms with Gasteiger partial charge in [0.1, 0.15) is 17.0 Å². The lowest BCUT2D eigenvalue weighted by Gasteiger charge is -2.44. The Morgan fingerprint density at radius 1 is 1.27 bits per heavy atom. The summed E-state index contributed by atoms with van der Waals surface area (Å²) in [7, 11) is -2.79. The van der Waals surface area contributed by atoms with Crippen molar-refractivity contribution in [2.24, 2.45) is 11.8 Å². The molecule has 4 unspecified atom stereocenters. The van der Waals surface area contributed by atoms with Gasteiger partial charge >= 0.3 is 7.82 Å². The highest BCUT2D eigenvalue weighted by molar-refractivity contribution is 7.47. The number of hydrogen-bond acceptors (Lipinski definition) is 9. The van der Waals surface area contributed by atoms with Crippen LogP contribution in [0.1, 0.15) is 12.5 Å². The van der Waals surface area contributed by atoms with Gasteiger partial charge in [0.25, 0.3) is 0 Å². The number of aliphatic hydroxyl groups excluding tert-OH is 1. The third kappa shape index (κ3) is 4.10. The van der Waals surface area contributed by atoms with Crippen LogP contribution in [0.2, 0.25) is 0 Å². The van der Waals surface area contributed by atoms with Gasteiger partial charge in [-0.05, 0) is 36.6 Å². The van der Waals surface area contributed by atoms with Crippen LogP contribution in [-0.2, 0) is 9.09 Å². The zero-order valence-corrected chi connectivity index (χ0v) is 17.1. The second kappa shape index (κ2) is 8.19. The van der Waals surface area contributed by atoms with Crippen molar-refractivity contribution in [3.8, 4) is 11.5 Å². The van der Waals surface area contributed by atoms with Crippen LogP contribution in [0.4, 0.5) is 5.95 Å². The number of rotatable bonds is 8. The highest BCUT2D eigenvalue weighted by Crippen LogP contribution is 2.49. The first kappa shape index (κ1) is 20.5. The Bertz CT molecular complexity index is 1070. The molecule has 1 saturated carbocycles. The predicted octanol–water partition coefficient (Wildman–Crippen LogP) is 1.78. The first-order valence-corrected chi connectivity index (χ1v) is 10.8. The lowest BCUT2D eigenvalue weighted by Crippen LogP contribution is -2.42. The van der Waals surface area contributed by atoms with Crippen LogP contribution in [0.5, 0.6) is 11.5 Å². The van der Waals surface area contributed by atoms with Crippen molar-refractivity contribution in [1.82, 2.24) is 19.5 Å².